The van der Waals surface area contributed by atoms with Crippen LogP contribution in [0.4, 0.5) is 11.6 Å². The molecule has 1 fully saturated rings. The molecule has 0 amide bonds. The molecular weight excluding hydrogens is 252 g/mol. The molecule has 1 saturated carbocycles. The summed E-state index contributed by atoms with van der Waals surface area (Å²) in [6, 6.07) is 1.78. The Labute approximate surface area is 121 Å². The lowest BCUT2D eigenvalue weighted by molar-refractivity contribution is 0.111. The zero-order valence-electron chi connectivity index (χ0n) is 12.7. The molecule has 0 aromatic carbocycles. The Morgan fingerprint density at radius 3 is 2.50 bits per heavy atom. The van der Waals surface area contributed by atoms with Gasteiger partial charge in [-0.3, -0.25) is 0 Å². The molecule has 0 atom stereocenters. The highest BCUT2D eigenvalue weighted by Gasteiger charge is 2.21. The second kappa shape index (κ2) is 5.95. The molecule has 1 aliphatic rings. The average Bonchev–Trinajstić information content (AvgIpc) is 2.36. The summed E-state index contributed by atoms with van der Waals surface area (Å²) in [6.07, 6.45) is 3.85. The lowest BCUT2D eigenvalue weighted by atomic mass is 9.87. The number of aromatic nitrogens is 2. The van der Waals surface area contributed by atoms with Crippen LogP contribution in [-0.2, 0) is 5.41 Å². The number of aliphatic hydroxyl groups is 1. The molecule has 0 unspecified atom stereocenters. The first-order valence-electron chi connectivity index (χ1n) is 7.41. The third kappa shape index (κ3) is 4.07. The standard InChI is InChI=1S/C15H26N4O/c1-15(2,3)14-18-12(16)8-13(19-14)17-9-10-4-6-11(20)7-5-10/h8,10-11,20H,4-7,9H2,1-3H3,(H3,16,17,18,19). The van der Waals surface area contributed by atoms with Gasteiger partial charge in [0.2, 0.25) is 0 Å². The number of hydrogen-bond donors (Lipinski definition) is 3. The van der Waals surface area contributed by atoms with Crippen LogP contribution >= 0.6 is 0 Å². The van der Waals surface area contributed by atoms with Gasteiger partial charge in [0.15, 0.2) is 0 Å². The molecule has 112 valence electrons. The van der Waals surface area contributed by atoms with Crippen LogP contribution in [0.15, 0.2) is 6.07 Å². The van der Waals surface area contributed by atoms with Gasteiger partial charge in [0, 0.05) is 18.0 Å². The van der Waals surface area contributed by atoms with E-state index in [4.69, 9.17) is 5.73 Å². The fourth-order valence-corrected chi connectivity index (χ4v) is 2.49. The summed E-state index contributed by atoms with van der Waals surface area (Å²) in [5.41, 5.74) is 5.75. The monoisotopic (exact) mass is 278 g/mol. The van der Waals surface area contributed by atoms with Crippen LogP contribution in [0.5, 0.6) is 0 Å². The minimum Gasteiger partial charge on any atom is -0.393 e. The average molecular weight is 278 g/mol. The zero-order chi connectivity index (χ0) is 14.8. The summed E-state index contributed by atoms with van der Waals surface area (Å²) in [7, 11) is 0. The highest BCUT2D eigenvalue weighted by atomic mass is 16.3. The molecule has 5 nitrogen and oxygen atoms in total. The predicted molar refractivity (Wildman–Crippen MR) is 81.6 cm³/mol. The lowest BCUT2D eigenvalue weighted by Gasteiger charge is -2.26. The topological polar surface area (TPSA) is 84.1 Å². The summed E-state index contributed by atoms with van der Waals surface area (Å²) < 4.78 is 0. The molecule has 4 N–H and O–H groups in total. The largest absolute Gasteiger partial charge is 0.393 e. The Bertz CT molecular complexity index is 448. The molecule has 1 heterocycles. The molecule has 2 rings (SSSR count). The van der Waals surface area contributed by atoms with E-state index in [1.807, 2.05) is 0 Å². The number of nitrogens with one attached hydrogen (secondary N) is 1. The third-order valence-corrected chi connectivity index (χ3v) is 3.80. The highest BCUT2D eigenvalue weighted by molar-refractivity contribution is 5.45. The zero-order valence-corrected chi connectivity index (χ0v) is 12.7. The second-order valence-corrected chi connectivity index (χ2v) is 6.81. The molecule has 0 saturated heterocycles. The van der Waals surface area contributed by atoms with Gasteiger partial charge in [0.05, 0.1) is 6.10 Å². The van der Waals surface area contributed by atoms with Gasteiger partial charge in [-0.25, -0.2) is 9.97 Å². The van der Waals surface area contributed by atoms with Crippen molar-refractivity contribution < 1.29 is 5.11 Å². The van der Waals surface area contributed by atoms with E-state index in [9.17, 15) is 5.11 Å². The van der Waals surface area contributed by atoms with Crippen LogP contribution < -0.4 is 11.1 Å². The predicted octanol–water partition coefficient (Wildman–Crippen LogP) is 2.32. The fourth-order valence-electron chi connectivity index (χ4n) is 2.49. The molecule has 1 aromatic rings. The van der Waals surface area contributed by atoms with E-state index in [2.05, 4.69) is 36.1 Å². The minimum absolute atomic E-state index is 0.103. The first-order valence-corrected chi connectivity index (χ1v) is 7.41. The molecule has 5 heteroatoms. The van der Waals surface area contributed by atoms with E-state index in [0.29, 0.717) is 11.7 Å². The lowest BCUT2D eigenvalue weighted by Crippen LogP contribution is -2.24. The fraction of sp³-hybridized carbons (Fsp3) is 0.733. The van der Waals surface area contributed by atoms with E-state index in [1.54, 1.807) is 6.07 Å². The van der Waals surface area contributed by atoms with Crippen LogP contribution in [0, 0.1) is 5.92 Å². The maximum atomic E-state index is 9.52. The van der Waals surface area contributed by atoms with E-state index < -0.39 is 0 Å². The number of anilines is 2. The quantitative estimate of drug-likeness (QED) is 0.790. The van der Waals surface area contributed by atoms with Crippen molar-refractivity contribution in [3.63, 3.8) is 0 Å². The normalized spacial score (nSPS) is 23.6. The Hall–Kier alpha value is -1.36. The summed E-state index contributed by atoms with van der Waals surface area (Å²) in [5, 5.41) is 12.9. The van der Waals surface area contributed by atoms with E-state index in [-0.39, 0.29) is 11.5 Å². The van der Waals surface area contributed by atoms with Gasteiger partial charge in [-0.05, 0) is 31.6 Å². The van der Waals surface area contributed by atoms with E-state index in [1.165, 1.54) is 0 Å². The number of nitrogens with zero attached hydrogens (tertiary/aromatic N) is 2. The van der Waals surface area contributed by atoms with Crippen LogP contribution in [0.2, 0.25) is 0 Å². The summed E-state index contributed by atoms with van der Waals surface area (Å²) >= 11 is 0. The van der Waals surface area contributed by atoms with Crippen molar-refractivity contribution >= 4 is 11.6 Å². The van der Waals surface area contributed by atoms with Crippen molar-refractivity contribution in [1.82, 2.24) is 9.97 Å². The van der Waals surface area contributed by atoms with Gasteiger partial charge in [0.1, 0.15) is 17.5 Å². The van der Waals surface area contributed by atoms with Crippen LogP contribution in [0.3, 0.4) is 0 Å². The Morgan fingerprint density at radius 1 is 1.25 bits per heavy atom. The summed E-state index contributed by atoms with van der Waals surface area (Å²) in [5.74, 6) is 2.67. The molecule has 0 aliphatic heterocycles. The first-order chi connectivity index (χ1) is 9.34. The smallest absolute Gasteiger partial charge is 0.138 e. The van der Waals surface area contributed by atoms with Gasteiger partial charge in [0.25, 0.3) is 0 Å². The molecule has 0 spiro atoms. The third-order valence-electron chi connectivity index (χ3n) is 3.80. The first kappa shape index (κ1) is 15.0. The van der Waals surface area contributed by atoms with E-state index >= 15 is 0 Å². The molecule has 1 aliphatic carbocycles. The Morgan fingerprint density at radius 2 is 1.90 bits per heavy atom. The van der Waals surface area contributed by atoms with Gasteiger partial charge in [-0.2, -0.15) is 0 Å². The number of hydrogen-bond acceptors (Lipinski definition) is 5. The van der Waals surface area contributed by atoms with Crippen molar-refractivity contribution in [1.29, 1.82) is 0 Å². The number of aliphatic hydroxyl groups excluding tert-OH is 1. The van der Waals surface area contributed by atoms with Crippen LogP contribution in [0.25, 0.3) is 0 Å². The highest BCUT2D eigenvalue weighted by Crippen LogP contribution is 2.25. The molecule has 1 aromatic heterocycles. The van der Waals surface area contributed by atoms with Crippen molar-refractivity contribution in [2.24, 2.45) is 5.92 Å². The van der Waals surface area contributed by atoms with Crippen molar-refractivity contribution in [3.8, 4) is 0 Å². The number of nitrogens with two attached hydrogens (primary N) is 1. The van der Waals surface area contributed by atoms with Crippen LogP contribution in [0.1, 0.15) is 52.3 Å². The Kier molecular flexibility index (Phi) is 4.48. The van der Waals surface area contributed by atoms with Gasteiger partial charge < -0.3 is 16.2 Å². The molecule has 20 heavy (non-hydrogen) atoms. The Balaban J connectivity index is 1.97. The van der Waals surface area contributed by atoms with Gasteiger partial charge in [-0.1, -0.05) is 20.8 Å². The maximum Gasteiger partial charge on any atom is 0.138 e. The number of nitrogen functional groups attached to an aromatic ring is 1. The van der Waals surface area contributed by atoms with Gasteiger partial charge >= 0.3 is 0 Å². The molecule has 0 radical (unpaired) electrons. The molecular formula is C15H26N4O. The van der Waals surface area contributed by atoms with Crippen molar-refractivity contribution in [3.05, 3.63) is 11.9 Å². The van der Waals surface area contributed by atoms with Crippen LogP contribution in [-0.4, -0.2) is 27.7 Å². The van der Waals surface area contributed by atoms with Gasteiger partial charge in [-0.15, -0.1) is 0 Å². The second-order valence-electron chi connectivity index (χ2n) is 6.81. The summed E-state index contributed by atoms with van der Waals surface area (Å²) in [6.45, 7) is 7.11. The maximum absolute atomic E-state index is 9.52. The molecule has 0 bridgehead atoms. The van der Waals surface area contributed by atoms with Crippen molar-refractivity contribution in [2.45, 2.75) is 58.0 Å². The van der Waals surface area contributed by atoms with Crippen molar-refractivity contribution in [2.75, 3.05) is 17.6 Å². The SMILES string of the molecule is CC(C)(C)c1nc(N)cc(NCC2CCC(O)CC2)n1. The minimum atomic E-state index is -0.110. The van der Waals surface area contributed by atoms with E-state index in [0.717, 1.165) is 43.9 Å². The number of rotatable bonds is 3. The summed E-state index contributed by atoms with van der Waals surface area (Å²) in [4.78, 5) is 8.86.